The molecular weight excluding hydrogens is 1470 g/mol. The molecule has 5 unspecified atom stereocenters. The Bertz CT molecular complexity index is 4550. The van der Waals surface area contributed by atoms with Crippen molar-refractivity contribution in [2.45, 2.75) is 192 Å². The van der Waals surface area contributed by atoms with Crippen LogP contribution in [0.3, 0.4) is 0 Å². The first-order chi connectivity index (χ1) is 53.2. The summed E-state index contributed by atoms with van der Waals surface area (Å²) in [5.41, 5.74) is 4.52. The number of fused-ring (bicyclic) bond motifs is 4. The number of aromatic nitrogens is 4. The summed E-state index contributed by atoms with van der Waals surface area (Å²) in [7, 11) is 0. The number of aryl methyl sites for hydroxylation is 1. The minimum Gasteiger partial charge on any atom is -0.479 e. The molecule has 32 nitrogen and oxygen atoms in total. The standard InChI is InChI=1S/C79H97N11O21S/c1-41(2)63(85-60(94)35-89-61(95)20-21-62(89)96)72(103)81-42(3)70(101)82-48-16-14-46(45(30-48)15-18-57-66(98)67(99)68(100)69(111-57)74(106)107)37-109-76(108)87(27-24-55(92)65(97)56(93)36-91)28-29-110-79-31-47(53-22-25-77(5,39-79)38-78(53,6)40-79)33-90-43(4)51(32-80-90)49-17-19-59(84-64(49)73(104)105)88-26-23-44-10-9-11-50(52(44)34-88)71(102)86-75-83-54-12-7-8-13-58(54)112-75/h7-14,16-17,19-21,30,32,41-42,47,53,55-57,63,65-69,91-93,97-100H,15,18,22-29,31,33-40H2,1-6H3,(H,81,103)(H,82,101)(H,85,94)(H,104,105)(H,106,107)(H,83,86,102)/t42-,47?,53?,55+,56+,57-,63-,65-,66-,67+,68-,69-,77?,78?,79?/m0/s1. The molecule has 0 spiro atoms. The average Bonchev–Trinajstić information content (AvgIpc) is 0.727. The molecule has 3 aliphatic carbocycles. The molecule has 13 N–H and O–H groups in total. The number of anilines is 3. The summed E-state index contributed by atoms with van der Waals surface area (Å²) >= 11 is 1.39. The number of pyridine rings is 1. The van der Waals surface area contributed by atoms with Gasteiger partial charge in [-0.1, -0.05) is 69.4 Å². The number of hydrogen-bond acceptors (Lipinski definition) is 24. The van der Waals surface area contributed by atoms with Crippen LogP contribution in [0.25, 0.3) is 21.3 Å². The van der Waals surface area contributed by atoms with Gasteiger partial charge in [0.2, 0.25) is 17.7 Å². The molecule has 7 amide bonds. The maximum absolute atomic E-state index is 14.7. The Morgan fingerprint density at radius 3 is 2.30 bits per heavy atom. The Morgan fingerprint density at radius 2 is 1.58 bits per heavy atom. The maximum atomic E-state index is 14.7. The number of carboxylic acids is 2. The molecule has 6 aromatic rings. The zero-order chi connectivity index (χ0) is 80.4. The van der Waals surface area contributed by atoms with Crippen molar-refractivity contribution < 1.29 is 103 Å². The second-order valence-corrected chi connectivity index (χ2v) is 32.6. The van der Waals surface area contributed by atoms with E-state index in [1.165, 1.54) is 41.4 Å². The highest BCUT2D eigenvalue weighted by Crippen LogP contribution is 2.68. The average molecular weight is 1570 g/mol. The first-order valence-corrected chi connectivity index (χ1v) is 38.5. The van der Waals surface area contributed by atoms with E-state index in [2.05, 4.69) is 40.1 Å². The molecule has 600 valence electrons. The van der Waals surface area contributed by atoms with Gasteiger partial charge in [0.05, 0.1) is 47.4 Å². The molecule has 6 heterocycles. The van der Waals surface area contributed by atoms with Crippen molar-refractivity contribution >= 4 is 91.7 Å². The number of benzene rings is 3. The Hall–Kier alpha value is -9.68. The molecule has 12 rings (SSSR count). The number of carbonyl (C=O) groups excluding carboxylic acids is 7. The number of para-hydroxylation sites is 1. The van der Waals surface area contributed by atoms with E-state index < -0.39 is 140 Å². The number of carbonyl (C=O) groups is 9. The van der Waals surface area contributed by atoms with Crippen LogP contribution in [0.15, 0.2) is 91.1 Å². The van der Waals surface area contributed by atoms with E-state index in [9.17, 15) is 89.1 Å². The highest BCUT2D eigenvalue weighted by Gasteiger charge is 2.62. The highest BCUT2D eigenvalue weighted by atomic mass is 32.1. The zero-order valence-electron chi connectivity index (χ0n) is 63.1. The van der Waals surface area contributed by atoms with E-state index in [0.29, 0.717) is 89.0 Å². The summed E-state index contributed by atoms with van der Waals surface area (Å²) in [5, 5.41) is 111. The number of amides is 7. The number of carboxylic acid groups (broad SMARTS) is 2. The fourth-order valence-corrected chi connectivity index (χ4v) is 18.5. The first-order valence-electron chi connectivity index (χ1n) is 37.7. The van der Waals surface area contributed by atoms with Crippen LogP contribution >= 0.6 is 11.3 Å². The highest BCUT2D eigenvalue weighted by molar-refractivity contribution is 7.22. The van der Waals surface area contributed by atoms with Crippen molar-refractivity contribution in [1.82, 2.24) is 40.2 Å². The lowest BCUT2D eigenvalue weighted by atomic mass is 9.42. The predicted molar refractivity (Wildman–Crippen MR) is 405 cm³/mol. The number of aliphatic hydroxyl groups excluding tert-OH is 7. The molecule has 3 aromatic heterocycles. The van der Waals surface area contributed by atoms with Crippen molar-refractivity contribution in [1.29, 1.82) is 0 Å². The van der Waals surface area contributed by atoms with Gasteiger partial charge >= 0.3 is 18.0 Å². The van der Waals surface area contributed by atoms with Crippen LogP contribution in [-0.4, -0.2) is 235 Å². The lowest BCUT2D eigenvalue weighted by molar-refractivity contribution is -0.228. The van der Waals surface area contributed by atoms with Gasteiger partial charge in [-0.3, -0.25) is 43.7 Å². The number of rotatable bonds is 31. The van der Waals surface area contributed by atoms with Gasteiger partial charge in [-0.05, 0) is 171 Å². The van der Waals surface area contributed by atoms with Crippen LogP contribution in [0.2, 0.25) is 0 Å². The second-order valence-electron chi connectivity index (χ2n) is 31.6. The molecule has 15 atom stereocenters. The number of aliphatic carboxylic acids is 1. The molecule has 112 heavy (non-hydrogen) atoms. The quantitative estimate of drug-likeness (QED) is 0.0271. The minimum absolute atomic E-state index is 0.0260. The van der Waals surface area contributed by atoms with Gasteiger partial charge in [0, 0.05) is 72.9 Å². The predicted octanol–water partition coefficient (Wildman–Crippen LogP) is 4.24. The molecule has 3 aromatic carbocycles. The molecule has 4 fully saturated rings. The van der Waals surface area contributed by atoms with Crippen molar-refractivity contribution in [3.8, 4) is 11.1 Å². The van der Waals surface area contributed by atoms with E-state index in [1.807, 2.05) is 52.9 Å². The number of nitrogens with zero attached hydrogens (tertiary/aromatic N) is 7. The Morgan fingerprint density at radius 1 is 0.821 bits per heavy atom. The van der Waals surface area contributed by atoms with Crippen molar-refractivity contribution in [2.24, 2.45) is 28.6 Å². The fraction of sp³-hybridized carbons (Fsp3) is 0.519. The van der Waals surface area contributed by atoms with Gasteiger partial charge < -0.3 is 85.9 Å². The number of imide groups is 1. The lowest BCUT2D eigenvalue weighted by Crippen LogP contribution is -2.61. The van der Waals surface area contributed by atoms with Gasteiger partial charge in [0.1, 0.15) is 61.6 Å². The largest absolute Gasteiger partial charge is 0.479 e. The maximum Gasteiger partial charge on any atom is 0.410 e. The third-order valence-electron chi connectivity index (χ3n) is 23.1. The summed E-state index contributed by atoms with van der Waals surface area (Å²) in [4.78, 5) is 132. The van der Waals surface area contributed by atoms with Crippen LogP contribution in [0, 0.1) is 35.5 Å². The molecule has 1 saturated heterocycles. The van der Waals surface area contributed by atoms with Crippen molar-refractivity contribution in [3.05, 3.63) is 130 Å². The van der Waals surface area contributed by atoms with Crippen LogP contribution < -0.4 is 26.2 Å². The number of thiazole rings is 1. The molecule has 3 saturated carbocycles. The normalized spacial score (nSPS) is 25.2. The molecule has 0 radical (unpaired) electrons. The van der Waals surface area contributed by atoms with Gasteiger partial charge in [-0.2, -0.15) is 5.10 Å². The molecule has 6 aliphatic rings. The smallest absolute Gasteiger partial charge is 0.410 e. The molecule has 3 bridgehead atoms. The van der Waals surface area contributed by atoms with Crippen LogP contribution in [0.5, 0.6) is 0 Å². The fourth-order valence-electron chi connectivity index (χ4n) is 17.7. The number of hydrogen-bond donors (Lipinski definition) is 13. The number of ether oxygens (including phenoxy) is 3. The molecule has 33 heteroatoms. The molecule has 3 aliphatic heterocycles. The van der Waals surface area contributed by atoms with E-state index in [4.69, 9.17) is 24.3 Å². The number of aliphatic hydroxyl groups is 7. The second kappa shape index (κ2) is 33.9. The topological polar surface area (TPSA) is 465 Å². The van der Waals surface area contributed by atoms with Gasteiger partial charge in [-0.15, -0.1) is 0 Å². The molecular formula is C79H97N11O21S. The minimum atomic E-state index is -1.97. The lowest BCUT2D eigenvalue weighted by Gasteiger charge is -2.66. The van der Waals surface area contributed by atoms with E-state index in [0.717, 1.165) is 58.5 Å². The summed E-state index contributed by atoms with van der Waals surface area (Å²) in [6, 6.07) is 18.9. The van der Waals surface area contributed by atoms with E-state index in [1.54, 1.807) is 38.2 Å². The monoisotopic (exact) mass is 1570 g/mol. The van der Waals surface area contributed by atoms with Crippen LogP contribution in [0.1, 0.15) is 135 Å². The van der Waals surface area contributed by atoms with Gasteiger partial charge in [0.25, 0.3) is 17.7 Å². The van der Waals surface area contributed by atoms with Crippen molar-refractivity contribution in [3.63, 3.8) is 0 Å². The summed E-state index contributed by atoms with van der Waals surface area (Å²) in [5.74, 6) is -6.62. The first kappa shape index (κ1) is 81.8. The number of aromatic carboxylic acids is 1. The summed E-state index contributed by atoms with van der Waals surface area (Å²) < 4.78 is 21.7. The Balaban J connectivity index is 0.737. The SMILES string of the molecule is Cc1c(-c2ccc(N3CCc4cccc(C(=O)Nc5nc6ccccc6s5)c4C3)nc2C(=O)O)cnn1CC1CC2(OCCN(CC[C@@H](O)[C@H](O)[C@H](O)CO)C(=O)OCc3ccc(NC(=O)[C@H](C)NC(=O)[C@@H](NC(=O)CN4C(=O)C=CC4=O)C(C)C)cc3CC[C@@H]3O[C@H](C(=O)O)[C@@H](O)[C@H](O)[C@H]3O)CC3(C)CCC1C(C)(C3)C2. The summed E-state index contributed by atoms with van der Waals surface area (Å²) in [6.07, 6.45) is -6.36. The van der Waals surface area contributed by atoms with Crippen molar-refractivity contribution in [2.75, 3.05) is 54.9 Å². The third-order valence-corrected chi connectivity index (χ3v) is 24.1. The summed E-state index contributed by atoms with van der Waals surface area (Å²) in [6.45, 7) is 10.1. The van der Waals surface area contributed by atoms with Crippen LogP contribution in [0.4, 0.5) is 21.4 Å². The Kier molecular flexibility index (Phi) is 24.8. The Labute approximate surface area is 649 Å². The van der Waals surface area contributed by atoms with E-state index in [-0.39, 0.29) is 78.9 Å². The number of nitrogens with one attached hydrogen (secondary N) is 4. The zero-order valence-corrected chi connectivity index (χ0v) is 63.9. The van der Waals surface area contributed by atoms with E-state index >= 15 is 0 Å². The third kappa shape index (κ3) is 17.9. The van der Waals surface area contributed by atoms with Crippen LogP contribution in [-0.2, 0) is 75.5 Å². The van der Waals surface area contributed by atoms with Gasteiger partial charge in [0.15, 0.2) is 16.9 Å². The van der Waals surface area contributed by atoms with Gasteiger partial charge in [-0.25, -0.2) is 24.4 Å².